The summed E-state index contributed by atoms with van der Waals surface area (Å²) in [5, 5.41) is 2.80. The molecular formula is C24H38N4O2. The van der Waals surface area contributed by atoms with Crippen molar-refractivity contribution in [2.24, 2.45) is 0 Å². The van der Waals surface area contributed by atoms with E-state index in [9.17, 15) is 4.79 Å². The zero-order valence-corrected chi connectivity index (χ0v) is 19.2. The van der Waals surface area contributed by atoms with Gasteiger partial charge in [0.1, 0.15) is 5.60 Å². The molecule has 2 rings (SSSR count). The Morgan fingerprint density at radius 3 is 2.40 bits per heavy atom. The highest BCUT2D eigenvalue weighted by Gasteiger charge is 2.15. The highest BCUT2D eigenvalue weighted by molar-refractivity contribution is 5.67. The molecule has 0 aliphatic heterocycles. The number of anilines is 1. The number of aromatic nitrogens is 2. The molecule has 1 aromatic heterocycles. The topological polar surface area (TPSA) is 90.1 Å². The van der Waals surface area contributed by atoms with Gasteiger partial charge in [-0.3, -0.25) is 0 Å². The van der Waals surface area contributed by atoms with Crippen molar-refractivity contribution in [3.8, 4) is 11.3 Å². The highest BCUT2D eigenvalue weighted by atomic mass is 16.6. The number of hydrogen-bond donors (Lipinski definition) is 2. The number of nitrogens with one attached hydrogen (secondary N) is 1. The van der Waals surface area contributed by atoms with Gasteiger partial charge < -0.3 is 15.8 Å². The minimum Gasteiger partial charge on any atom is -0.444 e. The number of alkyl carbamates (subject to hydrolysis) is 1. The van der Waals surface area contributed by atoms with E-state index in [2.05, 4.69) is 41.3 Å². The molecule has 0 saturated carbocycles. The van der Waals surface area contributed by atoms with Gasteiger partial charge in [-0.15, -0.1) is 0 Å². The van der Waals surface area contributed by atoms with Crippen LogP contribution in [0.5, 0.6) is 0 Å². The normalized spacial score (nSPS) is 10.7. The Labute approximate surface area is 181 Å². The Hall–Kier alpha value is -2.63. The first-order valence-corrected chi connectivity index (χ1v) is 10.9. The molecule has 6 nitrogen and oxygen atoms in total. The Kier molecular flexibility index (Phi) is 11.5. The zero-order valence-electron chi connectivity index (χ0n) is 19.2. The van der Waals surface area contributed by atoms with E-state index >= 15 is 0 Å². The van der Waals surface area contributed by atoms with Gasteiger partial charge in [-0.2, -0.15) is 0 Å². The maximum absolute atomic E-state index is 11.6. The summed E-state index contributed by atoms with van der Waals surface area (Å²) in [5.41, 5.74) is 8.49. The molecule has 0 bridgehead atoms. The number of nitrogen functional groups attached to an aromatic ring is 1. The van der Waals surface area contributed by atoms with Gasteiger partial charge in [-0.1, -0.05) is 57.4 Å². The van der Waals surface area contributed by atoms with Crippen molar-refractivity contribution in [3.05, 3.63) is 42.1 Å². The molecule has 0 radical (unpaired) electrons. The van der Waals surface area contributed by atoms with Gasteiger partial charge in [-0.25, -0.2) is 14.8 Å². The summed E-state index contributed by atoms with van der Waals surface area (Å²) < 4.78 is 5.22. The zero-order chi connectivity index (χ0) is 22.4. The van der Waals surface area contributed by atoms with E-state index in [1.54, 1.807) is 6.20 Å². The second kappa shape index (κ2) is 13.6. The number of carbonyl (C=O) groups is 1. The Morgan fingerprint density at radius 2 is 1.73 bits per heavy atom. The maximum atomic E-state index is 11.6. The lowest BCUT2D eigenvalue weighted by atomic mass is 9.99. The number of amides is 1. The summed E-state index contributed by atoms with van der Waals surface area (Å²) in [6.07, 6.45) is 7.79. The molecule has 2 aromatic rings. The molecule has 0 fully saturated rings. The minimum absolute atomic E-state index is 0.291. The van der Waals surface area contributed by atoms with Crippen LogP contribution in [0.3, 0.4) is 0 Å². The third-order valence-electron chi connectivity index (χ3n) is 4.01. The van der Waals surface area contributed by atoms with Crippen LogP contribution in [0.15, 0.2) is 36.5 Å². The third-order valence-corrected chi connectivity index (χ3v) is 4.01. The monoisotopic (exact) mass is 414 g/mol. The number of nitrogens with two attached hydrogens (primary N) is 1. The van der Waals surface area contributed by atoms with E-state index in [-0.39, 0.29) is 6.09 Å². The van der Waals surface area contributed by atoms with Crippen LogP contribution in [0.25, 0.3) is 11.3 Å². The Morgan fingerprint density at radius 1 is 1.07 bits per heavy atom. The summed E-state index contributed by atoms with van der Waals surface area (Å²) in [7, 11) is 0. The molecule has 0 aliphatic rings. The SMILES string of the molecule is CC(C)(C)OC(=O)NCCCCCCc1ccccc1-c1ccnc(N)n1.CCC. The summed E-state index contributed by atoms with van der Waals surface area (Å²) in [5.74, 6) is 0.291. The number of nitrogens with zero attached hydrogens (tertiary/aromatic N) is 2. The third kappa shape index (κ3) is 10.8. The first-order chi connectivity index (χ1) is 14.3. The summed E-state index contributed by atoms with van der Waals surface area (Å²) in [4.78, 5) is 19.9. The van der Waals surface area contributed by atoms with Gasteiger partial charge in [-0.05, 0) is 51.7 Å². The van der Waals surface area contributed by atoms with Crippen LogP contribution in [-0.4, -0.2) is 28.2 Å². The quantitative estimate of drug-likeness (QED) is 0.535. The maximum Gasteiger partial charge on any atom is 0.407 e. The molecule has 0 saturated heterocycles. The fourth-order valence-electron chi connectivity index (χ4n) is 2.81. The van der Waals surface area contributed by atoms with Gasteiger partial charge in [0, 0.05) is 18.3 Å². The van der Waals surface area contributed by atoms with Crippen molar-refractivity contribution in [2.45, 2.75) is 78.7 Å². The van der Waals surface area contributed by atoms with Gasteiger partial charge in [0.05, 0.1) is 5.69 Å². The largest absolute Gasteiger partial charge is 0.444 e. The van der Waals surface area contributed by atoms with Crippen molar-refractivity contribution in [3.63, 3.8) is 0 Å². The lowest BCUT2D eigenvalue weighted by Gasteiger charge is -2.19. The predicted molar refractivity (Wildman–Crippen MR) is 124 cm³/mol. The molecule has 30 heavy (non-hydrogen) atoms. The predicted octanol–water partition coefficient (Wildman–Crippen LogP) is 5.77. The number of benzene rings is 1. The van der Waals surface area contributed by atoms with Gasteiger partial charge in [0.15, 0.2) is 0 Å². The fourth-order valence-corrected chi connectivity index (χ4v) is 2.81. The number of hydrogen-bond acceptors (Lipinski definition) is 5. The summed E-state index contributed by atoms with van der Waals surface area (Å²) >= 11 is 0. The highest BCUT2D eigenvalue weighted by Crippen LogP contribution is 2.23. The van der Waals surface area contributed by atoms with E-state index in [4.69, 9.17) is 10.5 Å². The first kappa shape index (κ1) is 25.4. The molecule has 166 valence electrons. The second-order valence-electron chi connectivity index (χ2n) is 8.26. The smallest absolute Gasteiger partial charge is 0.407 e. The number of carbonyl (C=O) groups excluding carboxylic acids is 1. The number of unbranched alkanes of at least 4 members (excludes halogenated alkanes) is 3. The molecule has 0 aliphatic carbocycles. The molecule has 0 atom stereocenters. The lowest BCUT2D eigenvalue weighted by molar-refractivity contribution is 0.0527. The van der Waals surface area contributed by atoms with Crippen LogP contribution in [0, 0.1) is 0 Å². The lowest BCUT2D eigenvalue weighted by Crippen LogP contribution is -2.32. The summed E-state index contributed by atoms with van der Waals surface area (Å²) in [6.45, 7) is 10.5. The Bertz CT molecular complexity index is 757. The molecule has 1 aromatic carbocycles. The van der Waals surface area contributed by atoms with E-state index < -0.39 is 5.60 Å². The van der Waals surface area contributed by atoms with Gasteiger partial charge >= 0.3 is 6.09 Å². The van der Waals surface area contributed by atoms with Crippen LogP contribution in [0.4, 0.5) is 10.7 Å². The fraction of sp³-hybridized carbons (Fsp3) is 0.542. The van der Waals surface area contributed by atoms with Gasteiger partial charge in [0.2, 0.25) is 5.95 Å². The summed E-state index contributed by atoms with van der Waals surface area (Å²) in [6, 6.07) is 10.2. The molecule has 1 heterocycles. The Balaban J connectivity index is 0.00000141. The van der Waals surface area contributed by atoms with Crippen LogP contribution in [0.2, 0.25) is 0 Å². The molecular weight excluding hydrogens is 376 g/mol. The second-order valence-corrected chi connectivity index (χ2v) is 8.26. The van der Waals surface area contributed by atoms with Crippen molar-refractivity contribution < 1.29 is 9.53 Å². The van der Waals surface area contributed by atoms with E-state index in [1.807, 2.05) is 39.0 Å². The van der Waals surface area contributed by atoms with Crippen molar-refractivity contribution in [2.75, 3.05) is 12.3 Å². The number of rotatable bonds is 8. The molecule has 6 heteroatoms. The van der Waals surface area contributed by atoms with Crippen LogP contribution >= 0.6 is 0 Å². The van der Waals surface area contributed by atoms with Crippen LogP contribution in [-0.2, 0) is 11.2 Å². The molecule has 3 N–H and O–H groups in total. The van der Waals surface area contributed by atoms with Crippen molar-refractivity contribution in [1.82, 2.24) is 15.3 Å². The number of ether oxygens (including phenoxy) is 1. The van der Waals surface area contributed by atoms with Crippen LogP contribution in [0.1, 0.15) is 72.3 Å². The average Bonchev–Trinajstić information content (AvgIpc) is 2.67. The van der Waals surface area contributed by atoms with Gasteiger partial charge in [0.25, 0.3) is 0 Å². The minimum atomic E-state index is -0.453. The molecule has 0 unspecified atom stereocenters. The van der Waals surface area contributed by atoms with Crippen molar-refractivity contribution in [1.29, 1.82) is 0 Å². The first-order valence-electron chi connectivity index (χ1n) is 10.9. The number of aryl methyl sites for hydroxylation is 1. The van der Waals surface area contributed by atoms with Crippen molar-refractivity contribution >= 4 is 12.0 Å². The van der Waals surface area contributed by atoms with E-state index in [0.29, 0.717) is 12.5 Å². The molecule has 1 amide bonds. The standard InChI is InChI=1S/C21H30N4O2.C3H8/c1-21(2,3)27-20(26)24-14-9-5-4-6-10-16-11-7-8-12-17(16)18-13-15-23-19(22)25-18;1-3-2/h7-8,11-13,15H,4-6,9-10,14H2,1-3H3,(H,24,26)(H2,22,23,25);3H2,1-2H3. The van der Waals surface area contributed by atoms with E-state index in [0.717, 1.165) is 43.4 Å². The average molecular weight is 415 g/mol. The molecule has 0 spiro atoms. The van der Waals surface area contributed by atoms with E-state index in [1.165, 1.54) is 12.0 Å². The van der Waals surface area contributed by atoms with Crippen LogP contribution < -0.4 is 11.1 Å².